The third-order valence-corrected chi connectivity index (χ3v) is 3.33. The molecule has 0 bridgehead atoms. The monoisotopic (exact) mass is 277 g/mol. The van der Waals surface area contributed by atoms with Crippen LogP contribution < -0.4 is 0 Å². The van der Waals surface area contributed by atoms with Gasteiger partial charge in [-0.1, -0.05) is 30.3 Å². The van der Waals surface area contributed by atoms with E-state index in [2.05, 4.69) is 36.9 Å². The average molecular weight is 277 g/mol. The SMILES string of the molecule is CCN(CC)C(=Nc1ccc(C#N)cc1)c1ccccc1. The van der Waals surface area contributed by atoms with Crippen LogP contribution in [0.1, 0.15) is 25.0 Å². The lowest BCUT2D eigenvalue weighted by atomic mass is 10.1. The van der Waals surface area contributed by atoms with E-state index in [0.29, 0.717) is 5.56 Å². The van der Waals surface area contributed by atoms with Crippen molar-refractivity contribution >= 4 is 11.5 Å². The van der Waals surface area contributed by atoms with Crippen LogP contribution in [0.4, 0.5) is 5.69 Å². The third kappa shape index (κ3) is 3.70. The van der Waals surface area contributed by atoms with E-state index in [1.54, 1.807) is 12.1 Å². The van der Waals surface area contributed by atoms with Crippen molar-refractivity contribution in [1.82, 2.24) is 4.90 Å². The molecule has 0 spiro atoms. The molecule has 2 aromatic rings. The van der Waals surface area contributed by atoms with Gasteiger partial charge in [-0.3, -0.25) is 0 Å². The molecule has 21 heavy (non-hydrogen) atoms. The van der Waals surface area contributed by atoms with Gasteiger partial charge in [0.25, 0.3) is 0 Å². The lowest BCUT2D eigenvalue weighted by molar-refractivity contribution is 0.466. The quantitative estimate of drug-likeness (QED) is 0.626. The van der Waals surface area contributed by atoms with Gasteiger partial charge < -0.3 is 4.90 Å². The highest BCUT2D eigenvalue weighted by atomic mass is 15.2. The Labute approximate surface area is 126 Å². The highest BCUT2D eigenvalue weighted by Gasteiger charge is 2.10. The van der Waals surface area contributed by atoms with E-state index in [4.69, 9.17) is 10.3 Å². The fraction of sp³-hybridized carbons (Fsp3) is 0.222. The van der Waals surface area contributed by atoms with E-state index in [1.165, 1.54) is 0 Å². The summed E-state index contributed by atoms with van der Waals surface area (Å²) < 4.78 is 0. The zero-order valence-corrected chi connectivity index (χ0v) is 12.5. The lowest BCUT2D eigenvalue weighted by Gasteiger charge is -2.23. The number of nitrogens with zero attached hydrogens (tertiary/aromatic N) is 3. The average Bonchev–Trinajstić information content (AvgIpc) is 2.56. The fourth-order valence-electron chi connectivity index (χ4n) is 2.16. The summed E-state index contributed by atoms with van der Waals surface area (Å²) in [4.78, 5) is 7.01. The van der Waals surface area contributed by atoms with E-state index in [1.807, 2.05) is 30.3 Å². The van der Waals surface area contributed by atoms with Crippen LogP contribution in [0, 0.1) is 11.3 Å². The Balaban J connectivity index is 2.43. The second-order valence-corrected chi connectivity index (χ2v) is 4.63. The standard InChI is InChI=1S/C18H19N3/c1-3-21(4-2)18(16-8-6-5-7-9-16)20-17-12-10-15(14-19)11-13-17/h5-13H,3-4H2,1-2H3. The maximum absolute atomic E-state index is 8.86. The second-order valence-electron chi connectivity index (χ2n) is 4.63. The normalized spacial score (nSPS) is 11.0. The summed E-state index contributed by atoms with van der Waals surface area (Å²) in [5, 5.41) is 8.86. The molecule has 0 fully saturated rings. The molecule has 0 amide bonds. The Hall–Kier alpha value is -2.60. The molecular formula is C18H19N3. The second kappa shape index (κ2) is 7.25. The van der Waals surface area contributed by atoms with E-state index >= 15 is 0 Å². The zero-order chi connectivity index (χ0) is 15.1. The highest BCUT2D eigenvalue weighted by Crippen LogP contribution is 2.16. The van der Waals surface area contributed by atoms with Crippen LogP contribution in [0.15, 0.2) is 59.6 Å². The molecule has 0 atom stereocenters. The van der Waals surface area contributed by atoms with Crippen LogP contribution in [0.25, 0.3) is 0 Å². The first-order valence-electron chi connectivity index (χ1n) is 7.17. The molecule has 0 saturated carbocycles. The molecule has 0 heterocycles. The Bertz CT molecular complexity index is 632. The van der Waals surface area contributed by atoms with Gasteiger partial charge in [-0.25, -0.2) is 4.99 Å². The topological polar surface area (TPSA) is 39.4 Å². The van der Waals surface area contributed by atoms with Gasteiger partial charge in [-0.2, -0.15) is 5.26 Å². The Morgan fingerprint density at radius 3 is 2.14 bits per heavy atom. The van der Waals surface area contributed by atoms with Gasteiger partial charge in [0.1, 0.15) is 5.84 Å². The molecule has 0 radical (unpaired) electrons. The summed E-state index contributed by atoms with van der Waals surface area (Å²) in [6, 6.07) is 19.7. The molecule has 0 aliphatic rings. The summed E-state index contributed by atoms with van der Waals surface area (Å²) in [6.45, 7) is 6.06. The first kappa shape index (κ1) is 14.8. The van der Waals surface area contributed by atoms with Crippen molar-refractivity contribution in [2.45, 2.75) is 13.8 Å². The largest absolute Gasteiger partial charge is 0.357 e. The third-order valence-electron chi connectivity index (χ3n) is 3.33. The number of rotatable bonds is 4. The molecule has 106 valence electrons. The Morgan fingerprint density at radius 1 is 1.00 bits per heavy atom. The maximum atomic E-state index is 8.86. The van der Waals surface area contributed by atoms with E-state index in [-0.39, 0.29) is 0 Å². The van der Waals surface area contributed by atoms with Crippen molar-refractivity contribution < 1.29 is 0 Å². The van der Waals surface area contributed by atoms with Crippen molar-refractivity contribution in [2.24, 2.45) is 4.99 Å². The van der Waals surface area contributed by atoms with Crippen molar-refractivity contribution in [1.29, 1.82) is 5.26 Å². The minimum atomic E-state index is 0.651. The maximum Gasteiger partial charge on any atom is 0.136 e. The van der Waals surface area contributed by atoms with Crippen LogP contribution in [0.2, 0.25) is 0 Å². The molecule has 0 aliphatic carbocycles. The summed E-state index contributed by atoms with van der Waals surface area (Å²) in [6.07, 6.45) is 0. The van der Waals surface area contributed by atoms with E-state index in [0.717, 1.165) is 30.2 Å². The molecule has 2 aromatic carbocycles. The van der Waals surface area contributed by atoms with Gasteiger partial charge in [-0.15, -0.1) is 0 Å². The molecule has 0 aromatic heterocycles. The number of hydrogen-bond donors (Lipinski definition) is 0. The van der Waals surface area contributed by atoms with Crippen LogP contribution in [-0.2, 0) is 0 Å². The van der Waals surface area contributed by atoms with Gasteiger partial charge in [0.2, 0.25) is 0 Å². The number of nitriles is 1. The van der Waals surface area contributed by atoms with E-state index < -0.39 is 0 Å². The minimum Gasteiger partial charge on any atom is -0.357 e. The summed E-state index contributed by atoms with van der Waals surface area (Å²) in [5.74, 6) is 0.963. The number of aliphatic imine (C=N–C) groups is 1. The number of benzene rings is 2. The lowest BCUT2D eigenvalue weighted by Crippen LogP contribution is -2.31. The summed E-state index contributed by atoms with van der Waals surface area (Å²) >= 11 is 0. The van der Waals surface area contributed by atoms with Crippen molar-refractivity contribution in [3.8, 4) is 6.07 Å². The van der Waals surface area contributed by atoms with Crippen LogP contribution in [-0.4, -0.2) is 23.8 Å². The number of amidine groups is 1. The molecule has 3 heteroatoms. The van der Waals surface area contributed by atoms with E-state index in [9.17, 15) is 0 Å². The highest BCUT2D eigenvalue weighted by molar-refractivity contribution is 6.00. The van der Waals surface area contributed by atoms with Gasteiger partial charge in [-0.05, 0) is 38.1 Å². The van der Waals surface area contributed by atoms with Crippen LogP contribution in [0.5, 0.6) is 0 Å². The van der Waals surface area contributed by atoms with Crippen molar-refractivity contribution in [3.63, 3.8) is 0 Å². The molecular weight excluding hydrogens is 258 g/mol. The van der Waals surface area contributed by atoms with Crippen molar-refractivity contribution in [2.75, 3.05) is 13.1 Å². The fourth-order valence-corrected chi connectivity index (χ4v) is 2.16. The predicted molar refractivity (Wildman–Crippen MR) is 86.7 cm³/mol. The molecule has 0 aliphatic heterocycles. The Morgan fingerprint density at radius 2 is 1.62 bits per heavy atom. The van der Waals surface area contributed by atoms with Gasteiger partial charge >= 0.3 is 0 Å². The molecule has 3 nitrogen and oxygen atoms in total. The molecule has 0 saturated heterocycles. The van der Waals surface area contributed by atoms with Gasteiger partial charge in [0.05, 0.1) is 17.3 Å². The molecule has 2 rings (SSSR count). The Kier molecular flexibility index (Phi) is 5.11. The minimum absolute atomic E-state index is 0.651. The zero-order valence-electron chi connectivity index (χ0n) is 12.5. The number of hydrogen-bond acceptors (Lipinski definition) is 2. The van der Waals surface area contributed by atoms with Crippen molar-refractivity contribution in [3.05, 3.63) is 65.7 Å². The molecule has 0 N–H and O–H groups in total. The van der Waals surface area contributed by atoms with Crippen LogP contribution in [0.3, 0.4) is 0 Å². The van der Waals surface area contributed by atoms with Gasteiger partial charge in [0.15, 0.2) is 0 Å². The van der Waals surface area contributed by atoms with Gasteiger partial charge in [0, 0.05) is 18.7 Å². The molecule has 0 unspecified atom stereocenters. The summed E-state index contributed by atoms with van der Waals surface area (Å²) in [5.41, 5.74) is 2.61. The first-order valence-corrected chi connectivity index (χ1v) is 7.17. The first-order chi connectivity index (χ1) is 10.3. The van der Waals surface area contributed by atoms with Crippen LogP contribution >= 0.6 is 0 Å². The predicted octanol–water partition coefficient (Wildman–Crippen LogP) is 3.98. The summed E-state index contributed by atoms with van der Waals surface area (Å²) in [7, 11) is 0. The smallest absolute Gasteiger partial charge is 0.136 e.